The summed E-state index contributed by atoms with van der Waals surface area (Å²) in [6.45, 7) is 7.28. The Morgan fingerprint density at radius 3 is 2.73 bits per heavy atom. The molecule has 2 N–H and O–H groups in total. The van der Waals surface area contributed by atoms with Gasteiger partial charge >= 0.3 is 0 Å². The Kier molecular flexibility index (Phi) is 4.77. The first-order valence-electron chi connectivity index (χ1n) is 5.03. The second kappa shape index (κ2) is 5.43. The van der Waals surface area contributed by atoms with E-state index in [4.69, 9.17) is 5.11 Å². The van der Waals surface area contributed by atoms with Crippen molar-refractivity contribution >= 4 is 27.3 Å². The van der Waals surface area contributed by atoms with E-state index in [2.05, 4.69) is 53.5 Å². The number of nitrogens with one attached hydrogen (secondary N) is 1. The molecule has 0 fully saturated rings. The maximum absolute atomic E-state index is 9.14. The number of thiophene rings is 1. The van der Waals surface area contributed by atoms with Crippen LogP contribution >= 0.6 is 27.3 Å². The molecule has 2 nitrogen and oxygen atoms in total. The zero-order valence-electron chi connectivity index (χ0n) is 9.38. The van der Waals surface area contributed by atoms with Crippen LogP contribution in [0, 0.1) is 5.41 Å². The second-order valence-electron chi connectivity index (χ2n) is 4.59. The highest BCUT2D eigenvalue weighted by molar-refractivity contribution is 9.10. The van der Waals surface area contributed by atoms with Gasteiger partial charge in [0.2, 0.25) is 0 Å². The monoisotopic (exact) mass is 291 g/mol. The molecule has 0 radical (unpaired) electrons. The van der Waals surface area contributed by atoms with Crippen LogP contribution in [-0.4, -0.2) is 18.3 Å². The predicted octanol–water partition coefficient (Wildman–Crippen LogP) is 3.18. The Bertz CT molecular complexity index is 311. The third-order valence-corrected chi connectivity index (χ3v) is 4.21. The average Bonchev–Trinajstić information content (AvgIpc) is 2.61. The Balaban J connectivity index is 2.46. The molecule has 15 heavy (non-hydrogen) atoms. The fraction of sp³-hybridized carbons (Fsp3) is 0.636. The van der Waals surface area contributed by atoms with Crippen LogP contribution in [0.5, 0.6) is 0 Å². The lowest BCUT2D eigenvalue weighted by Gasteiger charge is -2.24. The minimum Gasteiger partial charge on any atom is -0.396 e. The summed E-state index contributed by atoms with van der Waals surface area (Å²) in [6.07, 6.45) is 0. The second-order valence-corrected chi connectivity index (χ2v) is 6.45. The molecule has 86 valence electrons. The fourth-order valence-corrected chi connectivity index (χ4v) is 2.62. The summed E-state index contributed by atoms with van der Waals surface area (Å²) in [4.78, 5) is 1.32. The van der Waals surface area contributed by atoms with Crippen LogP contribution in [0.25, 0.3) is 0 Å². The van der Waals surface area contributed by atoms with Gasteiger partial charge in [0.25, 0.3) is 0 Å². The molecule has 0 bridgehead atoms. The molecule has 0 spiro atoms. The van der Waals surface area contributed by atoms with Crippen LogP contribution in [0.4, 0.5) is 0 Å². The number of aliphatic hydroxyl groups is 1. The largest absolute Gasteiger partial charge is 0.396 e. The molecule has 1 aromatic rings. The predicted molar refractivity (Wildman–Crippen MR) is 69.3 cm³/mol. The highest BCUT2D eigenvalue weighted by Crippen LogP contribution is 2.26. The highest BCUT2D eigenvalue weighted by atomic mass is 79.9. The van der Waals surface area contributed by atoms with E-state index in [0.29, 0.717) is 6.04 Å². The zero-order valence-corrected chi connectivity index (χ0v) is 11.8. The highest BCUT2D eigenvalue weighted by Gasteiger charge is 2.18. The lowest BCUT2D eigenvalue weighted by molar-refractivity contribution is 0.154. The summed E-state index contributed by atoms with van der Waals surface area (Å²) in [5.74, 6) is 0. The molecule has 1 rings (SSSR count). The molecule has 0 aromatic carbocycles. The third-order valence-electron chi connectivity index (χ3n) is 2.33. The minimum absolute atomic E-state index is 0.0528. The Morgan fingerprint density at radius 2 is 2.27 bits per heavy atom. The number of hydrogen-bond acceptors (Lipinski definition) is 3. The summed E-state index contributed by atoms with van der Waals surface area (Å²) in [6, 6.07) is 2.47. The van der Waals surface area contributed by atoms with E-state index in [1.807, 2.05) is 0 Å². The first-order chi connectivity index (χ1) is 6.94. The number of halogens is 1. The molecular weight excluding hydrogens is 274 g/mol. The van der Waals surface area contributed by atoms with Crippen molar-refractivity contribution in [3.63, 3.8) is 0 Å². The summed E-state index contributed by atoms with van der Waals surface area (Å²) >= 11 is 5.19. The van der Waals surface area contributed by atoms with Gasteiger partial charge in [0.05, 0.1) is 0 Å². The lowest BCUT2D eigenvalue weighted by Crippen LogP contribution is -2.33. The quantitative estimate of drug-likeness (QED) is 0.873. The molecule has 1 heterocycles. The fourth-order valence-electron chi connectivity index (χ4n) is 1.14. The number of aliphatic hydroxyl groups excluding tert-OH is 1. The Hall–Kier alpha value is 0.1000. The van der Waals surface area contributed by atoms with E-state index in [1.165, 1.54) is 4.88 Å². The number of hydrogen-bond donors (Lipinski definition) is 2. The van der Waals surface area contributed by atoms with Gasteiger partial charge in [0, 0.05) is 39.3 Å². The summed E-state index contributed by atoms with van der Waals surface area (Å²) in [5.41, 5.74) is -0.0528. The molecule has 4 heteroatoms. The van der Waals surface area contributed by atoms with Gasteiger partial charge in [-0.25, -0.2) is 0 Å². The molecule has 0 saturated carbocycles. The van der Waals surface area contributed by atoms with Gasteiger partial charge < -0.3 is 10.4 Å². The first-order valence-corrected chi connectivity index (χ1v) is 6.70. The van der Waals surface area contributed by atoms with E-state index in [1.54, 1.807) is 11.3 Å². The van der Waals surface area contributed by atoms with Crippen LogP contribution in [-0.2, 0) is 0 Å². The van der Waals surface area contributed by atoms with Gasteiger partial charge in [0.1, 0.15) is 0 Å². The molecule has 1 unspecified atom stereocenters. The topological polar surface area (TPSA) is 32.3 Å². The molecule has 0 saturated heterocycles. The zero-order chi connectivity index (χ0) is 11.5. The van der Waals surface area contributed by atoms with Gasteiger partial charge in [0.15, 0.2) is 0 Å². The van der Waals surface area contributed by atoms with Gasteiger partial charge in [-0.1, -0.05) is 13.8 Å². The minimum atomic E-state index is -0.0528. The molecule has 0 amide bonds. The standard InChI is InChI=1S/C11H18BrNOS/c1-8(10-4-9(12)5-15-10)13-6-11(2,3)7-14/h4-5,8,13-14H,6-7H2,1-3H3. The van der Waals surface area contributed by atoms with E-state index in [-0.39, 0.29) is 12.0 Å². The lowest BCUT2D eigenvalue weighted by atomic mass is 9.94. The molecule has 1 atom stereocenters. The number of rotatable bonds is 5. The smallest absolute Gasteiger partial charge is 0.0494 e. The Labute approximate surface area is 104 Å². The maximum Gasteiger partial charge on any atom is 0.0494 e. The van der Waals surface area contributed by atoms with E-state index in [0.717, 1.165) is 11.0 Å². The van der Waals surface area contributed by atoms with Crippen LogP contribution in [0.15, 0.2) is 15.9 Å². The Morgan fingerprint density at radius 1 is 1.60 bits per heavy atom. The maximum atomic E-state index is 9.14. The van der Waals surface area contributed by atoms with Crippen molar-refractivity contribution in [2.24, 2.45) is 5.41 Å². The van der Waals surface area contributed by atoms with E-state index in [9.17, 15) is 0 Å². The average molecular weight is 292 g/mol. The van der Waals surface area contributed by atoms with Gasteiger partial charge in [-0.3, -0.25) is 0 Å². The third kappa shape index (κ3) is 4.23. The van der Waals surface area contributed by atoms with Crippen molar-refractivity contribution in [3.05, 3.63) is 20.8 Å². The summed E-state index contributed by atoms with van der Waals surface area (Å²) in [7, 11) is 0. The van der Waals surface area contributed by atoms with Crippen molar-refractivity contribution in [1.82, 2.24) is 5.32 Å². The van der Waals surface area contributed by atoms with Crippen LogP contribution < -0.4 is 5.32 Å². The SMILES string of the molecule is CC(NCC(C)(C)CO)c1cc(Br)cs1. The van der Waals surface area contributed by atoms with Crippen LogP contribution in [0.3, 0.4) is 0 Å². The van der Waals surface area contributed by atoms with Crippen molar-refractivity contribution in [2.45, 2.75) is 26.8 Å². The molecule has 0 aliphatic carbocycles. The van der Waals surface area contributed by atoms with Crippen molar-refractivity contribution in [3.8, 4) is 0 Å². The van der Waals surface area contributed by atoms with Crippen molar-refractivity contribution < 1.29 is 5.11 Å². The van der Waals surface area contributed by atoms with Crippen LogP contribution in [0.1, 0.15) is 31.7 Å². The van der Waals surface area contributed by atoms with E-state index < -0.39 is 0 Å². The first kappa shape index (κ1) is 13.2. The molecule has 0 aliphatic heterocycles. The van der Waals surface area contributed by atoms with Gasteiger partial charge in [-0.15, -0.1) is 11.3 Å². The molecular formula is C11H18BrNOS. The summed E-state index contributed by atoms with van der Waals surface area (Å²) in [5, 5.41) is 14.7. The summed E-state index contributed by atoms with van der Waals surface area (Å²) < 4.78 is 1.14. The van der Waals surface area contributed by atoms with Gasteiger partial charge in [-0.2, -0.15) is 0 Å². The van der Waals surface area contributed by atoms with Crippen molar-refractivity contribution in [2.75, 3.05) is 13.2 Å². The normalized spacial score (nSPS) is 14.2. The van der Waals surface area contributed by atoms with Gasteiger partial charge in [-0.05, 0) is 28.9 Å². The van der Waals surface area contributed by atoms with Crippen molar-refractivity contribution in [1.29, 1.82) is 0 Å². The van der Waals surface area contributed by atoms with Crippen LogP contribution in [0.2, 0.25) is 0 Å². The molecule has 1 aromatic heterocycles. The molecule has 0 aliphatic rings. The van der Waals surface area contributed by atoms with E-state index >= 15 is 0 Å².